The van der Waals surface area contributed by atoms with E-state index in [0.29, 0.717) is 5.02 Å². The van der Waals surface area contributed by atoms with Crippen molar-refractivity contribution in [2.75, 3.05) is 0 Å². The molecule has 1 aromatic carbocycles. The molecule has 1 N–H and O–H groups in total. The molecule has 18 heavy (non-hydrogen) atoms. The summed E-state index contributed by atoms with van der Waals surface area (Å²) in [7, 11) is 0. The summed E-state index contributed by atoms with van der Waals surface area (Å²) in [5.74, 6) is -0.873. The first-order valence-corrected chi connectivity index (χ1v) is 5.52. The largest absolute Gasteiger partial charge is 0.478 e. The summed E-state index contributed by atoms with van der Waals surface area (Å²) >= 11 is 11.3. The molecule has 0 fully saturated rings. The van der Waals surface area contributed by atoms with Gasteiger partial charge in [0.2, 0.25) is 5.88 Å². The van der Waals surface area contributed by atoms with E-state index in [4.69, 9.17) is 33.0 Å². The molecule has 0 spiro atoms. The van der Waals surface area contributed by atoms with Gasteiger partial charge in [-0.3, -0.25) is 0 Å². The van der Waals surface area contributed by atoms with Crippen molar-refractivity contribution in [1.82, 2.24) is 10.2 Å². The number of carboxylic acid groups (broad SMARTS) is 1. The molecule has 7 heteroatoms. The van der Waals surface area contributed by atoms with E-state index in [2.05, 4.69) is 10.2 Å². The van der Waals surface area contributed by atoms with E-state index < -0.39 is 5.97 Å². The maximum Gasteiger partial charge on any atom is 0.339 e. The predicted molar refractivity (Wildman–Crippen MR) is 65.5 cm³/mol. The minimum absolute atomic E-state index is 0.0562. The molecular weight excluding hydrogens is 279 g/mol. The number of hydrogen-bond acceptors (Lipinski definition) is 4. The molecule has 0 atom stereocenters. The van der Waals surface area contributed by atoms with Gasteiger partial charge in [-0.05, 0) is 24.3 Å². The second kappa shape index (κ2) is 5.20. The highest BCUT2D eigenvalue weighted by Crippen LogP contribution is 2.26. The number of halogens is 2. The van der Waals surface area contributed by atoms with Gasteiger partial charge in [0.05, 0.1) is 0 Å². The van der Waals surface area contributed by atoms with Gasteiger partial charge < -0.3 is 9.84 Å². The van der Waals surface area contributed by atoms with E-state index in [9.17, 15) is 4.79 Å². The number of nitrogens with zero attached hydrogens (tertiary/aromatic N) is 2. The van der Waals surface area contributed by atoms with E-state index in [0.717, 1.165) is 0 Å². The van der Waals surface area contributed by atoms with Crippen molar-refractivity contribution in [3.05, 3.63) is 46.1 Å². The van der Waals surface area contributed by atoms with Crippen LogP contribution < -0.4 is 4.74 Å². The number of aromatic carboxylic acids is 1. The number of hydrogen-bond donors (Lipinski definition) is 1. The first kappa shape index (κ1) is 12.6. The summed E-state index contributed by atoms with van der Waals surface area (Å²) < 4.78 is 5.31. The number of rotatable bonds is 3. The monoisotopic (exact) mass is 284 g/mol. The molecule has 0 unspecified atom stereocenters. The van der Waals surface area contributed by atoms with Gasteiger partial charge in [0.1, 0.15) is 11.3 Å². The molecule has 0 aliphatic carbocycles. The average molecular weight is 285 g/mol. The van der Waals surface area contributed by atoms with Crippen molar-refractivity contribution >= 4 is 29.2 Å². The maximum absolute atomic E-state index is 11.0. The van der Waals surface area contributed by atoms with Crippen LogP contribution in [0.15, 0.2) is 30.3 Å². The Kier molecular flexibility index (Phi) is 3.64. The summed E-state index contributed by atoms with van der Waals surface area (Å²) in [6, 6.07) is 7.23. The lowest BCUT2D eigenvalue weighted by Crippen LogP contribution is -2.01. The quantitative estimate of drug-likeness (QED) is 0.936. The summed E-state index contributed by atoms with van der Waals surface area (Å²) in [5, 5.41) is 16.8. The SMILES string of the molecule is O=C(O)c1cc(Cl)ccc1Oc1ccc(Cl)nn1. The normalized spacial score (nSPS) is 10.1. The molecule has 2 rings (SSSR count). The minimum atomic E-state index is -1.14. The average Bonchev–Trinajstić information content (AvgIpc) is 2.34. The first-order valence-electron chi connectivity index (χ1n) is 4.76. The third-order valence-electron chi connectivity index (χ3n) is 1.99. The van der Waals surface area contributed by atoms with E-state index >= 15 is 0 Å². The minimum Gasteiger partial charge on any atom is -0.478 e. The van der Waals surface area contributed by atoms with Gasteiger partial charge >= 0.3 is 5.97 Å². The lowest BCUT2D eigenvalue weighted by molar-refractivity contribution is 0.0694. The fourth-order valence-corrected chi connectivity index (χ4v) is 1.50. The molecular formula is C11H6Cl2N2O3. The molecule has 0 aliphatic heterocycles. The molecule has 0 bridgehead atoms. The zero-order valence-electron chi connectivity index (χ0n) is 8.80. The third-order valence-corrected chi connectivity index (χ3v) is 2.43. The molecule has 92 valence electrons. The van der Waals surface area contributed by atoms with Crippen LogP contribution in [0.1, 0.15) is 10.4 Å². The maximum atomic E-state index is 11.0. The Balaban J connectivity index is 2.34. The number of carboxylic acids is 1. The molecule has 0 saturated carbocycles. The first-order chi connectivity index (χ1) is 8.56. The summed E-state index contributed by atoms with van der Waals surface area (Å²) in [4.78, 5) is 11.0. The van der Waals surface area contributed by atoms with Crippen LogP contribution in [0.4, 0.5) is 0 Å². The Bertz CT molecular complexity index is 587. The number of ether oxygens (including phenoxy) is 1. The van der Waals surface area contributed by atoms with Gasteiger partial charge in [0.15, 0.2) is 5.15 Å². The van der Waals surface area contributed by atoms with Crippen LogP contribution in [-0.4, -0.2) is 21.3 Å². The second-order valence-corrected chi connectivity index (χ2v) is 4.07. The zero-order chi connectivity index (χ0) is 13.1. The second-order valence-electron chi connectivity index (χ2n) is 3.24. The van der Waals surface area contributed by atoms with Gasteiger partial charge in [0.25, 0.3) is 0 Å². The molecule has 0 saturated heterocycles. The van der Waals surface area contributed by atoms with Crippen molar-refractivity contribution in [1.29, 1.82) is 0 Å². The number of carbonyl (C=O) groups is 1. The van der Waals surface area contributed by atoms with Gasteiger partial charge in [-0.15, -0.1) is 10.2 Å². The topological polar surface area (TPSA) is 72.3 Å². The summed E-state index contributed by atoms with van der Waals surface area (Å²) in [5.41, 5.74) is -0.0562. The van der Waals surface area contributed by atoms with Gasteiger partial charge in [-0.25, -0.2) is 4.79 Å². The Hall–Kier alpha value is -1.85. The van der Waals surface area contributed by atoms with Crippen LogP contribution in [0.5, 0.6) is 11.6 Å². The number of benzene rings is 1. The molecule has 1 heterocycles. The van der Waals surface area contributed by atoms with Crippen LogP contribution in [0.25, 0.3) is 0 Å². The summed E-state index contributed by atoms with van der Waals surface area (Å²) in [6.45, 7) is 0. The van der Waals surface area contributed by atoms with E-state index in [1.165, 1.54) is 30.3 Å². The Morgan fingerprint density at radius 2 is 1.94 bits per heavy atom. The van der Waals surface area contributed by atoms with Crippen molar-refractivity contribution < 1.29 is 14.6 Å². The standard InChI is InChI=1S/C11H6Cl2N2O3/c12-6-1-2-8(7(5-6)11(16)17)18-10-4-3-9(13)14-15-10/h1-5H,(H,16,17). The third kappa shape index (κ3) is 2.88. The Morgan fingerprint density at radius 3 is 2.56 bits per heavy atom. The van der Waals surface area contributed by atoms with E-state index in [1.54, 1.807) is 0 Å². The number of aromatic nitrogens is 2. The highest BCUT2D eigenvalue weighted by atomic mass is 35.5. The van der Waals surface area contributed by atoms with Gasteiger partial charge in [0, 0.05) is 11.1 Å². The van der Waals surface area contributed by atoms with Gasteiger partial charge in [-0.2, -0.15) is 0 Å². The zero-order valence-corrected chi connectivity index (χ0v) is 10.3. The lowest BCUT2D eigenvalue weighted by atomic mass is 10.2. The van der Waals surface area contributed by atoms with Crippen molar-refractivity contribution in [3.63, 3.8) is 0 Å². The van der Waals surface area contributed by atoms with Crippen LogP contribution >= 0.6 is 23.2 Å². The molecule has 0 amide bonds. The van der Waals surface area contributed by atoms with Crippen LogP contribution in [-0.2, 0) is 0 Å². The smallest absolute Gasteiger partial charge is 0.339 e. The molecule has 0 radical (unpaired) electrons. The van der Waals surface area contributed by atoms with E-state index in [1.807, 2.05) is 0 Å². The Morgan fingerprint density at radius 1 is 1.17 bits per heavy atom. The highest BCUT2D eigenvalue weighted by Gasteiger charge is 2.13. The lowest BCUT2D eigenvalue weighted by Gasteiger charge is -2.07. The van der Waals surface area contributed by atoms with Crippen LogP contribution in [0.3, 0.4) is 0 Å². The van der Waals surface area contributed by atoms with Gasteiger partial charge in [-0.1, -0.05) is 23.2 Å². The molecule has 2 aromatic rings. The van der Waals surface area contributed by atoms with Crippen molar-refractivity contribution in [2.24, 2.45) is 0 Å². The van der Waals surface area contributed by atoms with Crippen LogP contribution in [0, 0.1) is 0 Å². The van der Waals surface area contributed by atoms with Crippen molar-refractivity contribution in [3.8, 4) is 11.6 Å². The van der Waals surface area contributed by atoms with Crippen LogP contribution in [0.2, 0.25) is 10.2 Å². The molecule has 0 aliphatic rings. The Labute approximate surface area is 112 Å². The predicted octanol–water partition coefficient (Wildman–Crippen LogP) is 3.27. The van der Waals surface area contributed by atoms with Crippen molar-refractivity contribution in [2.45, 2.75) is 0 Å². The summed E-state index contributed by atoms with van der Waals surface area (Å²) in [6.07, 6.45) is 0. The fraction of sp³-hybridized carbons (Fsp3) is 0. The fourth-order valence-electron chi connectivity index (χ4n) is 1.23. The molecule has 1 aromatic heterocycles. The highest BCUT2D eigenvalue weighted by molar-refractivity contribution is 6.31. The van der Waals surface area contributed by atoms with E-state index in [-0.39, 0.29) is 22.3 Å². The molecule has 5 nitrogen and oxygen atoms in total.